The van der Waals surface area contributed by atoms with Crippen molar-refractivity contribution in [3.05, 3.63) is 59.1 Å². The lowest BCUT2D eigenvalue weighted by Crippen LogP contribution is -2.46. The third-order valence-electron chi connectivity index (χ3n) is 4.48. The summed E-state index contributed by atoms with van der Waals surface area (Å²) in [4.78, 5) is 4.38. The summed E-state index contributed by atoms with van der Waals surface area (Å²) in [6.07, 6.45) is 0. The van der Waals surface area contributed by atoms with E-state index < -0.39 is 10.0 Å². The smallest absolute Gasteiger partial charge is 0.239 e. The monoisotopic (exact) mass is 393 g/mol. The zero-order valence-corrected chi connectivity index (χ0v) is 16.7. The van der Waals surface area contributed by atoms with Gasteiger partial charge in [0, 0.05) is 24.7 Å². The second-order valence-corrected chi connectivity index (χ2v) is 9.06. The van der Waals surface area contributed by atoms with Crippen LogP contribution in [0.25, 0.3) is 0 Å². The minimum absolute atomic E-state index is 0.0315. The number of fused-ring (bicyclic) bond motifs is 1. The molecule has 140 valence electrons. The number of sulfonamides is 1. The van der Waals surface area contributed by atoms with E-state index in [1.54, 1.807) is 28.6 Å². The van der Waals surface area contributed by atoms with Crippen molar-refractivity contribution < 1.29 is 8.42 Å². The van der Waals surface area contributed by atoms with Crippen LogP contribution in [0.4, 0.5) is 11.4 Å². The lowest BCUT2D eigenvalue weighted by Gasteiger charge is -2.38. The van der Waals surface area contributed by atoms with Crippen LogP contribution in [0.1, 0.15) is 5.56 Å². The molecule has 0 atom stereocenters. The highest BCUT2D eigenvalue weighted by Crippen LogP contribution is 2.35. The van der Waals surface area contributed by atoms with Crippen molar-refractivity contribution in [1.82, 2.24) is 4.90 Å². The zero-order chi connectivity index (χ0) is 18.7. The number of hydrogen-bond acceptors (Lipinski definition) is 4. The van der Waals surface area contributed by atoms with E-state index in [0.717, 1.165) is 30.0 Å². The first-order valence-corrected chi connectivity index (χ1v) is 10.6. The minimum Gasteiger partial charge on any atom is -0.367 e. The first kappa shape index (κ1) is 19.0. The predicted molar refractivity (Wildman–Crippen MR) is 109 cm³/mol. The second kappa shape index (κ2) is 7.86. The van der Waals surface area contributed by atoms with Crippen LogP contribution < -0.4 is 9.21 Å². The van der Waals surface area contributed by atoms with Crippen LogP contribution in [0.15, 0.2) is 48.5 Å². The lowest BCUT2D eigenvalue weighted by atomic mass is 10.2. The van der Waals surface area contributed by atoms with Crippen LogP contribution in [-0.4, -0.2) is 53.6 Å². The normalized spacial score (nSPS) is 14.6. The molecule has 1 aliphatic heterocycles. The number of anilines is 2. The number of nitrogens with zero attached hydrogens (tertiary/aromatic N) is 3. The Balaban J connectivity index is 1.85. The number of hydrogen-bond donors (Lipinski definition) is 0. The average molecular weight is 394 g/mol. The van der Waals surface area contributed by atoms with Gasteiger partial charge in [-0.15, -0.1) is 0 Å². The van der Waals surface area contributed by atoms with Gasteiger partial charge in [-0.3, -0.25) is 4.31 Å². The molecule has 7 heteroatoms. The quantitative estimate of drug-likeness (QED) is 0.756. The van der Waals surface area contributed by atoms with Crippen LogP contribution in [-0.2, 0) is 15.8 Å². The molecular formula is C19H24ClN3O2S. The molecule has 2 aromatic carbocycles. The third kappa shape index (κ3) is 4.31. The van der Waals surface area contributed by atoms with Gasteiger partial charge in [-0.1, -0.05) is 35.9 Å². The van der Waals surface area contributed by atoms with E-state index in [-0.39, 0.29) is 5.75 Å². The second-order valence-electron chi connectivity index (χ2n) is 6.73. The Bertz CT molecular complexity index is 853. The molecule has 0 bridgehead atoms. The van der Waals surface area contributed by atoms with Crippen molar-refractivity contribution in [3.8, 4) is 0 Å². The van der Waals surface area contributed by atoms with Crippen LogP contribution in [0.5, 0.6) is 0 Å². The molecular weight excluding hydrogens is 370 g/mol. The molecule has 0 unspecified atom stereocenters. The highest BCUT2D eigenvalue weighted by Gasteiger charge is 2.30. The molecule has 0 aromatic heterocycles. The molecule has 1 heterocycles. The number of likely N-dealkylation sites (N-methyl/N-ethyl adjacent to an activating group) is 1. The number of benzene rings is 2. The van der Waals surface area contributed by atoms with E-state index in [1.165, 1.54) is 0 Å². The van der Waals surface area contributed by atoms with Crippen molar-refractivity contribution >= 4 is 33.0 Å². The maximum Gasteiger partial charge on any atom is 0.239 e. The topological polar surface area (TPSA) is 43.9 Å². The summed E-state index contributed by atoms with van der Waals surface area (Å²) in [6.45, 7) is 2.94. The van der Waals surface area contributed by atoms with E-state index in [9.17, 15) is 8.42 Å². The van der Waals surface area contributed by atoms with Gasteiger partial charge in [0.1, 0.15) is 0 Å². The van der Waals surface area contributed by atoms with Gasteiger partial charge in [0.2, 0.25) is 10.0 Å². The fourth-order valence-corrected chi connectivity index (χ4v) is 4.82. The van der Waals surface area contributed by atoms with Gasteiger partial charge in [0.05, 0.1) is 23.7 Å². The molecule has 0 radical (unpaired) electrons. The standard InChI is InChI=1S/C19H24ClN3O2S/c1-21(2)11-12-22-13-14-23(19-6-4-3-5-18(19)22)26(24,25)15-16-7-9-17(20)10-8-16/h3-10H,11-15H2,1-2H3. The van der Waals surface area contributed by atoms with Crippen LogP contribution in [0.2, 0.25) is 5.02 Å². The van der Waals surface area contributed by atoms with Crippen molar-refractivity contribution in [3.63, 3.8) is 0 Å². The summed E-state index contributed by atoms with van der Waals surface area (Å²) < 4.78 is 27.6. The highest BCUT2D eigenvalue weighted by molar-refractivity contribution is 7.92. The molecule has 0 amide bonds. The van der Waals surface area contributed by atoms with Crippen molar-refractivity contribution in [2.24, 2.45) is 0 Å². The summed E-state index contributed by atoms with van der Waals surface area (Å²) in [5.74, 6) is -0.0315. The molecule has 0 fully saturated rings. The van der Waals surface area contributed by atoms with E-state index in [4.69, 9.17) is 11.6 Å². The fraction of sp³-hybridized carbons (Fsp3) is 0.368. The van der Waals surface area contributed by atoms with E-state index >= 15 is 0 Å². The van der Waals surface area contributed by atoms with Crippen LogP contribution in [0.3, 0.4) is 0 Å². The Morgan fingerprint density at radius 3 is 2.31 bits per heavy atom. The Morgan fingerprint density at radius 2 is 1.65 bits per heavy atom. The summed E-state index contributed by atoms with van der Waals surface area (Å²) in [5, 5.41) is 0.603. The third-order valence-corrected chi connectivity index (χ3v) is 6.48. The molecule has 0 saturated heterocycles. The van der Waals surface area contributed by atoms with Gasteiger partial charge in [-0.2, -0.15) is 0 Å². The Labute approximate surface area is 160 Å². The summed E-state index contributed by atoms with van der Waals surface area (Å²) in [5.41, 5.74) is 2.47. The fourth-order valence-electron chi connectivity index (χ4n) is 3.11. The molecule has 0 N–H and O–H groups in total. The Kier molecular flexibility index (Phi) is 5.75. The molecule has 5 nitrogen and oxygen atoms in total. The molecule has 0 spiro atoms. The molecule has 26 heavy (non-hydrogen) atoms. The summed E-state index contributed by atoms with van der Waals surface area (Å²) in [7, 11) is 0.617. The van der Waals surface area contributed by atoms with Gasteiger partial charge < -0.3 is 9.80 Å². The number of para-hydroxylation sites is 2. The predicted octanol–water partition coefficient (Wildman–Crippen LogP) is 3.06. The molecule has 1 aliphatic rings. The van der Waals surface area contributed by atoms with Crippen molar-refractivity contribution in [1.29, 1.82) is 0 Å². The molecule has 0 saturated carbocycles. The van der Waals surface area contributed by atoms with Gasteiger partial charge in [0.25, 0.3) is 0 Å². The largest absolute Gasteiger partial charge is 0.367 e. The van der Waals surface area contributed by atoms with Crippen LogP contribution >= 0.6 is 11.6 Å². The minimum atomic E-state index is -3.46. The molecule has 0 aliphatic carbocycles. The van der Waals surface area contributed by atoms with E-state index in [0.29, 0.717) is 18.1 Å². The number of halogens is 1. The number of rotatable bonds is 6. The zero-order valence-electron chi connectivity index (χ0n) is 15.1. The summed E-state index contributed by atoms with van der Waals surface area (Å²) in [6, 6.07) is 14.7. The highest BCUT2D eigenvalue weighted by atomic mass is 35.5. The maximum atomic E-state index is 13.0. The first-order valence-electron chi connectivity index (χ1n) is 8.60. The van der Waals surface area contributed by atoms with E-state index in [2.05, 4.69) is 9.80 Å². The first-order chi connectivity index (χ1) is 12.4. The van der Waals surface area contributed by atoms with Gasteiger partial charge in [-0.25, -0.2) is 8.42 Å². The van der Waals surface area contributed by atoms with Crippen LogP contribution in [0, 0.1) is 0 Å². The van der Waals surface area contributed by atoms with Gasteiger partial charge in [0.15, 0.2) is 0 Å². The van der Waals surface area contributed by atoms with Crippen molar-refractivity contribution in [2.45, 2.75) is 5.75 Å². The Morgan fingerprint density at radius 1 is 1.00 bits per heavy atom. The SMILES string of the molecule is CN(C)CCN1CCN(S(=O)(=O)Cc2ccc(Cl)cc2)c2ccccc21. The van der Waals surface area contributed by atoms with Gasteiger partial charge >= 0.3 is 0 Å². The Hall–Kier alpha value is -1.76. The molecule has 2 aromatic rings. The average Bonchev–Trinajstić information content (AvgIpc) is 2.61. The summed E-state index contributed by atoms with van der Waals surface area (Å²) >= 11 is 5.90. The molecule has 3 rings (SSSR count). The van der Waals surface area contributed by atoms with Crippen molar-refractivity contribution in [2.75, 3.05) is 49.5 Å². The maximum absolute atomic E-state index is 13.0. The van der Waals surface area contributed by atoms with E-state index in [1.807, 2.05) is 38.4 Å². The van der Waals surface area contributed by atoms with Gasteiger partial charge in [-0.05, 0) is 43.9 Å². The lowest BCUT2D eigenvalue weighted by molar-refractivity contribution is 0.413.